The monoisotopic (exact) mass is 443 g/mol. The zero-order chi connectivity index (χ0) is 22.4. The second-order valence-corrected chi connectivity index (χ2v) is 8.56. The molecule has 162 valence electrons. The van der Waals surface area contributed by atoms with Gasteiger partial charge in [-0.1, -0.05) is 18.1 Å². The first kappa shape index (κ1) is 22.0. The maximum atomic E-state index is 12.1. The highest BCUT2D eigenvalue weighted by molar-refractivity contribution is 7.91. The van der Waals surface area contributed by atoms with E-state index in [4.69, 9.17) is 13.9 Å². The van der Waals surface area contributed by atoms with Crippen molar-refractivity contribution in [2.45, 2.75) is 11.8 Å². The molecule has 2 aromatic carbocycles. The molecule has 1 aromatic heterocycles. The predicted molar refractivity (Wildman–Crippen MR) is 115 cm³/mol. The highest BCUT2D eigenvalue weighted by Crippen LogP contribution is 2.28. The van der Waals surface area contributed by atoms with Gasteiger partial charge in [0.1, 0.15) is 0 Å². The lowest BCUT2D eigenvalue weighted by Gasteiger charge is -2.07. The summed E-state index contributed by atoms with van der Waals surface area (Å²) >= 11 is 0. The third kappa shape index (κ3) is 5.28. The molecule has 0 radical (unpaired) electrons. The van der Waals surface area contributed by atoms with Gasteiger partial charge in [0.15, 0.2) is 21.3 Å². The summed E-state index contributed by atoms with van der Waals surface area (Å²) in [4.78, 5) is 12.4. The molecule has 0 spiro atoms. The van der Waals surface area contributed by atoms with E-state index < -0.39 is 15.7 Å². The number of carbonyl (C=O) groups is 1. The average Bonchev–Trinajstić information content (AvgIpc) is 3.25. The largest absolute Gasteiger partial charge is 0.493 e. The number of hydrogen-bond donors (Lipinski definition) is 1. The molecule has 9 nitrogen and oxygen atoms in total. The van der Waals surface area contributed by atoms with Crippen molar-refractivity contribution in [2.75, 3.05) is 25.3 Å². The molecule has 0 fully saturated rings. The molecule has 0 aliphatic rings. The lowest BCUT2D eigenvalue weighted by atomic mass is 10.2. The van der Waals surface area contributed by atoms with Crippen molar-refractivity contribution < 1.29 is 27.1 Å². The minimum absolute atomic E-state index is 0.0138. The first-order chi connectivity index (χ1) is 14.9. The Balaban J connectivity index is 1.67. The number of rotatable bonds is 8. The van der Waals surface area contributed by atoms with E-state index in [0.29, 0.717) is 17.1 Å². The molecular weight excluding hydrogens is 422 g/mol. The average molecular weight is 443 g/mol. The van der Waals surface area contributed by atoms with Gasteiger partial charge in [-0.3, -0.25) is 10.1 Å². The van der Waals surface area contributed by atoms with E-state index in [0.717, 1.165) is 5.56 Å². The molecule has 0 atom stereocenters. The maximum absolute atomic E-state index is 12.1. The van der Waals surface area contributed by atoms with Crippen LogP contribution < -0.4 is 14.8 Å². The van der Waals surface area contributed by atoms with Crippen molar-refractivity contribution in [3.05, 3.63) is 54.1 Å². The highest BCUT2D eigenvalue weighted by atomic mass is 32.2. The Kier molecular flexibility index (Phi) is 6.71. The summed E-state index contributed by atoms with van der Waals surface area (Å²) in [5, 5.41) is 10.1. The van der Waals surface area contributed by atoms with E-state index in [1.54, 1.807) is 50.4 Å². The van der Waals surface area contributed by atoms with Gasteiger partial charge in [0.2, 0.25) is 5.89 Å². The third-order valence-corrected chi connectivity index (χ3v) is 6.08. The van der Waals surface area contributed by atoms with Gasteiger partial charge in [0.25, 0.3) is 5.91 Å². The van der Waals surface area contributed by atoms with Gasteiger partial charge < -0.3 is 13.9 Å². The van der Waals surface area contributed by atoms with Crippen molar-refractivity contribution in [3.63, 3.8) is 0 Å². The first-order valence-corrected chi connectivity index (χ1v) is 10.9. The minimum atomic E-state index is -3.29. The van der Waals surface area contributed by atoms with E-state index in [2.05, 4.69) is 15.5 Å². The molecular formula is C21H21N3O6S. The Morgan fingerprint density at radius 1 is 1.06 bits per heavy atom. The number of anilines is 1. The molecule has 1 heterocycles. The molecule has 0 aliphatic heterocycles. The van der Waals surface area contributed by atoms with Crippen molar-refractivity contribution in [3.8, 4) is 23.0 Å². The van der Waals surface area contributed by atoms with E-state index in [9.17, 15) is 13.2 Å². The first-order valence-electron chi connectivity index (χ1n) is 9.24. The number of nitrogens with one attached hydrogen (secondary N) is 1. The number of nitrogens with zero attached hydrogens (tertiary/aromatic N) is 2. The van der Waals surface area contributed by atoms with Gasteiger partial charge in [-0.2, -0.15) is 0 Å². The molecule has 31 heavy (non-hydrogen) atoms. The van der Waals surface area contributed by atoms with E-state index >= 15 is 0 Å². The zero-order valence-corrected chi connectivity index (χ0v) is 18.0. The summed E-state index contributed by atoms with van der Waals surface area (Å²) in [7, 11) is -0.220. The topological polar surface area (TPSA) is 121 Å². The number of sulfone groups is 1. The zero-order valence-electron chi connectivity index (χ0n) is 17.2. The summed E-state index contributed by atoms with van der Waals surface area (Å²) < 4.78 is 39.6. The van der Waals surface area contributed by atoms with Gasteiger partial charge >= 0.3 is 6.01 Å². The summed E-state index contributed by atoms with van der Waals surface area (Å²) in [6.07, 6.45) is 2.91. The second-order valence-electron chi connectivity index (χ2n) is 6.28. The quantitative estimate of drug-likeness (QED) is 0.527. The molecule has 3 rings (SSSR count). The molecule has 1 amide bonds. The number of methoxy groups -OCH3 is 2. The molecule has 0 saturated heterocycles. The molecule has 0 bridgehead atoms. The number of carbonyl (C=O) groups excluding carboxylic acids is 1. The standard InChI is InChI=1S/C21H21N3O6S/c1-4-31(26,27)16-9-7-15(8-10-16)20-23-24-21(30-20)22-19(25)12-6-14-5-11-17(28-2)18(13-14)29-3/h5-13H,4H2,1-3H3,(H,22,24,25)/b12-6+. The van der Waals surface area contributed by atoms with Gasteiger partial charge in [-0.25, -0.2) is 8.42 Å². The number of hydrogen-bond acceptors (Lipinski definition) is 8. The van der Waals surface area contributed by atoms with Crippen LogP contribution in [0, 0.1) is 0 Å². The Bertz CT molecular complexity index is 1200. The Morgan fingerprint density at radius 2 is 1.77 bits per heavy atom. The second kappa shape index (κ2) is 9.43. The van der Waals surface area contributed by atoms with Crippen LogP contribution in [0.4, 0.5) is 6.01 Å². The number of ether oxygens (including phenoxy) is 2. The lowest BCUT2D eigenvalue weighted by molar-refractivity contribution is -0.112. The van der Waals surface area contributed by atoms with Crippen LogP contribution in [0.25, 0.3) is 17.5 Å². The van der Waals surface area contributed by atoms with Crippen LogP contribution in [0.3, 0.4) is 0 Å². The number of benzene rings is 2. The molecule has 0 unspecified atom stereocenters. The lowest BCUT2D eigenvalue weighted by Crippen LogP contribution is -2.07. The summed E-state index contributed by atoms with van der Waals surface area (Å²) in [5.41, 5.74) is 1.27. The van der Waals surface area contributed by atoms with E-state index in [1.165, 1.54) is 25.3 Å². The fourth-order valence-corrected chi connectivity index (χ4v) is 3.52. The van der Waals surface area contributed by atoms with Crippen LogP contribution in [0.5, 0.6) is 11.5 Å². The SMILES string of the molecule is CCS(=O)(=O)c1ccc(-c2nnc(NC(=O)/C=C/c3ccc(OC)c(OC)c3)o2)cc1. The van der Waals surface area contributed by atoms with Gasteiger partial charge in [-0.05, 0) is 48.0 Å². The minimum Gasteiger partial charge on any atom is -0.493 e. The van der Waals surface area contributed by atoms with Crippen LogP contribution >= 0.6 is 0 Å². The smallest absolute Gasteiger partial charge is 0.322 e. The molecule has 0 aliphatic carbocycles. The van der Waals surface area contributed by atoms with Crippen LogP contribution in [0.1, 0.15) is 12.5 Å². The summed E-state index contributed by atoms with van der Waals surface area (Å²) in [6, 6.07) is 11.2. The van der Waals surface area contributed by atoms with Crippen LogP contribution in [-0.2, 0) is 14.6 Å². The Labute approximate surface area is 179 Å². The highest BCUT2D eigenvalue weighted by Gasteiger charge is 2.14. The number of aromatic nitrogens is 2. The molecule has 0 saturated carbocycles. The van der Waals surface area contributed by atoms with E-state index in [-0.39, 0.29) is 22.6 Å². The van der Waals surface area contributed by atoms with Gasteiger partial charge in [0, 0.05) is 11.6 Å². The molecule has 3 aromatic rings. The van der Waals surface area contributed by atoms with Crippen molar-refractivity contribution >= 4 is 27.8 Å². The van der Waals surface area contributed by atoms with Crippen molar-refractivity contribution in [1.29, 1.82) is 0 Å². The fraction of sp³-hybridized carbons (Fsp3) is 0.190. The van der Waals surface area contributed by atoms with Crippen LogP contribution in [0.15, 0.2) is 57.9 Å². The Morgan fingerprint density at radius 3 is 2.42 bits per heavy atom. The van der Waals surface area contributed by atoms with Gasteiger partial charge in [-0.15, -0.1) is 5.10 Å². The van der Waals surface area contributed by atoms with Crippen molar-refractivity contribution in [1.82, 2.24) is 10.2 Å². The third-order valence-electron chi connectivity index (χ3n) is 4.33. The van der Waals surface area contributed by atoms with E-state index in [1.807, 2.05) is 0 Å². The summed E-state index contributed by atoms with van der Waals surface area (Å²) in [6.45, 7) is 1.58. The number of amides is 1. The van der Waals surface area contributed by atoms with Crippen molar-refractivity contribution in [2.24, 2.45) is 0 Å². The van der Waals surface area contributed by atoms with Crippen LogP contribution in [-0.4, -0.2) is 44.5 Å². The van der Waals surface area contributed by atoms with Gasteiger partial charge in [0.05, 0.1) is 24.9 Å². The van der Waals surface area contributed by atoms with Crippen LogP contribution in [0.2, 0.25) is 0 Å². The normalized spacial score (nSPS) is 11.5. The summed E-state index contributed by atoms with van der Waals surface area (Å²) in [5.74, 6) is 0.834. The predicted octanol–water partition coefficient (Wildman–Crippen LogP) is 3.20. The maximum Gasteiger partial charge on any atom is 0.322 e. The Hall–Kier alpha value is -3.66. The molecule has 10 heteroatoms. The fourth-order valence-electron chi connectivity index (χ4n) is 2.64. The molecule has 1 N–H and O–H groups in total.